The second kappa shape index (κ2) is 9.20. The number of nitrogens with one attached hydrogen (secondary N) is 1. The summed E-state index contributed by atoms with van der Waals surface area (Å²) in [6.07, 6.45) is 6.71. The first-order valence-electron chi connectivity index (χ1n) is 11.3. The molecule has 1 spiro atoms. The van der Waals surface area contributed by atoms with Crippen LogP contribution in [0.5, 0.6) is 0 Å². The van der Waals surface area contributed by atoms with Gasteiger partial charge in [0, 0.05) is 25.7 Å². The van der Waals surface area contributed by atoms with Gasteiger partial charge in [-0.2, -0.15) is 0 Å². The number of aliphatic hydroxyl groups is 1. The third kappa shape index (κ3) is 4.60. The fourth-order valence-electron chi connectivity index (χ4n) is 5.19. The Morgan fingerprint density at radius 3 is 2.58 bits per heavy atom. The molecule has 31 heavy (non-hydrogen) atoms. The van der Waals surface area contributed by atoms with E-state index < -0.39 is 6.09 Å². The van der Waals surface area contributed by atoms with Gasteiger partial charge in [-0.1, -0.05) is 11.6 Å². The van der Waals surface area contributed by atoms with Crippen LogP contribution in [0.1, 0.15) is 51.9 Å². The van der Waals surface area contributed by atoms with Crippen LogP contribution in [0.25, 0.3) is 0 Å². The highest BCUT2D eigenvalue weighted by molar-refractivity contribution is 6.33. The topological polar surface area (TPSA) is 95.0 Å². The highest BCUT2D eigenvalue weighted by Gasteiger charge is 2.50. The number of likely N-dealkylation sites (tertiary alicyclic amines) is 1. The summed E-state index contributed by atoms with van der Waals surface area (Å²) in [4.78, 5) is 33.6. The molecule has 1 saturated carbocycles. The number of nitrogens with zero attached hydrogens (tertiary/aromatic N) is 3. The number of aliphatic hydroxyl groups excluding tert-OH is 1. The number of aromatic nitrogens is 1. The first-order valence-corrected chi connectivity index (χ1v) is 11.6. The van der Waals surface area contributed by atoms with E-state index in [4.69, 9.17) is 16.3 Å². The van der Waals surface area contributed by atoms with Gasteiger partial charge in [0.1, 0.15) is 5.82 Å². The van der Waals surface area contributed by atoms with E-state index in [1.54, 1.807) is 19.2 Å². The molecule has 2 amide bonds. The van der Waals surface area contributed by atoms with Crippen molar-refractivity contribution in [2.75, 3.05) is 36.5 Å². The molecule has 1 aliphatic carbocycles. The first-order chi connectivity index (χ1) is 14.9. The fourth-order valence-corrected chi connectivity index (χ4v) is 5.48. The predicted octanol–water partition coefficient (Wildman–Crippen LogP) is 3.43. The number of amides is 2. The van der Waals surface area contributed by atoms with Crippen molar-refractivity contribution in [1.29, 1.82) is 0 Å². The Bertz CT molecular complexity index is 820. The highest BCUT2D eigenvalue weighted by atomic mass is 35.5. The van der Waals surface area contributed by atoms with Crippen LogP contribution in [-0.4, -0.2) is 65.4 Å². The first kappa shape index (κ1) is 22.1. The van der Waals surface area contributed by atoms with Gasteiger partial charge in [-0.3, -0.25) is 10.1 Å². The minimum atomic E-state index is -0.537. The Morgan fingerprint density at radius 2 is 1.94 bits per heavy atom. The molecule has 1 aromatic rings. The number of ether oxygens (including phenoxy) is 1. The summed E-state index contributed by atoms with van der Waals surface area (Å²) in [6, 6.07) is 1.95. The number of anilines is 2. The average Bonchev–Trinajstić information content (AvgIpc) is 3.06. The van der Waals surface area contributed by atoms with E-state index in [2.05, 4.69) is 20.1 Å². The Hall–Kier alpha value is -2.06. The summed E-state index contributed by atoms with van der Waals surface area (Å²) < 4.78 is 4.87. The van der Waals surface area contributed by atoms with Gasteiger partial charge in [-0.05, 0) is 57.9 Å². The SMILES string of the molecule is CCOC(=O)Nc1cnc(N2CCC3(CC2)CCN([C@H]2CC[C@@H](O)CC2)C3=O)c(Cl)c1. The number of carbonyl (C=O) groups is 2. The molecular formula is C22H31ClN4O4. The van der Waals surface area contributed by atoms with E-state index in [1.807, 2.05) is 0 Å². The minimum Gasteiger partial charge on any atom is -0.450 e. The predicted molar refractivity (Wildman–Crippen MR) is 118 cm³/mol. The average molecular weight is 451 g/mol. The molecule has 4 rings (SSSR count). The molecule has 0 unspecified atom stereocenters. The lowest BCUT2D eigenvalue weighted by Gasteiger charge is -2.40. The van der Waals surface area contributed by atoms with Gasteiger partial charge in [0.2, 0.25) is 5.91 Å². The lowest BCUT2D eigenvalue weighted by Crippen LogP contribution is -2.47. The summed E-state index contributed by atoms with van der Waals surface area (Å²) in [6.45, 7) is 4.30. The van der Waals surface area contributed by atoms with Gasteiger partial charge in [0.05, 0.1) is 35.0 Å². The zero-order chi connectivity index (χ0) is 22.0. The number of rotatable bonds is 4. The molecule has 0 aromatic carbocycles. The Kier molecular flexibility index (Phi) is 6.57. The number of carbonyl (C=O) groups excluding carboxylic acids is 2. The van der Waals surface area contributed by atoms with Crippen molar-refractivity contribution in [2.24, 2.45) is 5.41 Å². The largest absolute Gasteiger partial charge is 0.450 e. The number of piperidine rings is 1. The van der Waals surface area contributed by atoms with Crippen LogP contribution in [0, 0.1) is 5.41 Å². The monoisotopic (exact) mass is 450 g/mol. The molecule has 170 valence electrons. The fraction of sp³-hybridized carbons (Fsp3) is 0.682. The van der Waals surface area contributed by atoms with E-state index in [1.165, 1.54) is 0 Å². The number of pyridine rings is 1. The van der Waals surface area contributed by atoms with Gasteiger partial charge in [-0.15, -0.1) is 0 Å². The zero-order valence-corrected chi connectivity index (χ0v) is 18.7. The van der Waals surface area contributed by atoms with Crippen LogP contribution in [-0.2, 0) is 9.53 Å². The molecule has 8 nitrogen and oxygen atoms in total. The van der Waals surface area contributed by atoms with Crippen molar-refractivity contribution in [3.63, 3.8) is 0 Å². The van der Waals surface area contributed by atoms with E-state index in [-0.39, 0.29) is 17.6 Å². The van der Waals surface area contributed by atoms with Crippen LogP contribution in [0.3, 0.4) is 0 Å². The molecule has 3 heterocycles. The van der Waals surface area contributed by atoms with Crippen molar-refractivity contribution in [2.45, 2.75) is 64.0 Å². The maximum atomic E-state index is 13.3. The molecule has 3 fully saturated rings. The third-order valence-corrected chi connectivity index (χ3v) is 7.29. The minimum absolute atomic E-state index is 0.206. The van der Waals surface area contributed by atoms with Crippen LogP contribution < -0.4 is 10.2 Å². The zero-order valence-electron chi connectivity index (χ0n) is 18.0. The van der Waals surface area contributed by atoms with Gasteiger partial charge in [-0.25, -0.2) is 9.78 Å². The molecule has 0 bridgehead atoms. The molecule has 2 aliphatic heterocycles. The second-order valence-electron chi connectivity index (χ2n) is 8.85. The summed E-state index contributed by atoms with van der Waals surface area (Å²) in [7, 11) is 0. The van der Waals surface area contributed by atoms with Crippen LogP contribution in [0.2, 0.25) is 5.02 Å². The molecule has 9 heteroatoms. The van der Waals surface area contributed by atoms with Crippen molar-refractivity contribution in [1.82, 2.24) is 9.88 Å². The Balaban J connectivity index is 1.36. The summed E-state index contributed by atoms with van der Waals surface area (Å²) in [5, 5.41) is 12.8. The standard InChI is InChI=1S/C22H31ClN4O4/c1-2-31-21(30)25-15-13-18(23)19(24-14-15)26-10-7-22(8-11-26)9-12-27(20(22)29)16-3-5-17(28)6-4-16/h13-14,16-17,28H,2-12H2,1H3,(H,25,30)/t16-,17+. The van der Waals surface area contributed by atoms with Crippen molar-refractivity contribution >= 4 is 35.1 Å². The van der Waals surface area contributed by atoms with Gasteiger partial charge >= 0.3 is 6.09 Å². The van der Waals surface area contributed by atoms with Gasteiger partial charge in [0.15, 0.2) is 0 Å². The van der Waals surface area contributed by atoms with Crippen molar-refractivity contribution in [3.05, 3.63) is 17.3 Å². The number of halogens is 1. The smallest absolute Gasteiger partial charge is 0.411 e. The molecular weight excluding hydrogens is 420 g/mol. The summed E-state index contributed by atoms with van der Waals surface area (Å²) in [5.74, 6) is 0.969. The molecule has 2 N–H and O–H groups in total. The third-order valence-electron chi connectivity index (χ3n) is 7.02. The summed E-state index contributed by atoms with van der Waals surface area (Å²) in [5.41, 5.74) is 0.213. The molecule has 0 radical (unpaired) electrons. The molecule has 0 atom stereocenters. The molecule has 3 aliphatic rings. The highest BCUT2D eigenvalue weighted by Crippen LogP contribution is 2.44. The number of hydrogen-bond acceptors (Lipinski definition) is 6. The molecule has 2 saturated heterocycles. The van der Waals surface area contributed by atoms with E-state index in [0.717, 1.165) is 64.6 Å². The normalized spacial score (nSPS) is 25.7. The van der Waals surface area contributed by atoms with Gasteiger partial charge in [0.25, 0.3) is 0 Å². The molecule has 1 aromatic heterocycles. The summed E-state index contributed by atoms with van der Waals surface area (Å²) >= 11 is 6.45. The lowest BCUT2D eigenvalue weighted by atomic mass is 9.77. The lowest BCUT2D eigenvalue weighted by molar-refractivity contribution is -0.139. The van der Waals surface area contributed by atoms with E-state index >= 15 is 0 Å². The second-order valence-corrected chi connectivity index (χ2v) is 9.26. The van der Waals surface area contributed by atoms with E-state index in [9.17, 15) is 14.7 Å². The van der Waals surface area contributed by atoms with Crippen LogP contribution in [0.4, 0.5) is 16.3 Å². The van der Waals surface area contributed by atoms with Crippen molar-refractivity contribution in [3.8, 4) is 0 Å². The Morgan fingerprint density at radius 1 is 1.26 bits per heavy atom. The van der Waals surface area contributed by atoms with Crippen molar-refractivity contribution < 1.29 is 19.4 Å². The maximum absolute atomic E-state index is 13.3. The Labute approximate surface area is 187 Å². The van der Waals surface area contributed by atoms with E-state index in [0.29, 0.717) is 29.0 Å². The van der Waals surface area contributed by atoms with Crippen LogP contribution in [0.15, 0.2) is 12.3 Å². The quantitative estimate of drug-likeness (QED) is 0.729. The van der Waals surface area contributed by atoms with Gasteiger partial charge < -0.3 is 19.6 Å². The van der Waals surface area contributed by atoms with Crippen LogP contribution >= 0.6 is 11.6 Å². The maximum Gasteiger partial charge on any atom is 0.411 e. The number of hydrogen-bond donors (Lipinski definition) is 2.